The fourth-order valence-electron chi connectivity index (χ4n) is 2.75. The third-order valence-corrected chi connectivity index (χ3v) is 4.26. The molecule has 2 unspecified atom stereocenters. The van der Waals surface area contributed by atoms with Crippen molar-refractivity contribution < 1.29 is 9.59 Å². The maximum absolute atomic E-state index is 12.4. The highest BCUT2D eigenvalue weighted by Crippen LogP contribution is 2.47. The molecule has 1 N–H and O–H groups in total. The number of ketones is 1. The average Bonchev–Trinajstić information content (AvgIpc) is 3.31. The van der Waals surface area contributed by atoms with Crippen LogP contribution in [0.4, 0.5) is 5.69 Å². The molecule has 1 fully saturated rings. The lowest BCUT2D eigenvalue weighted by Crippen LogP contribution is -2.15. The highest BCUT2D eigenvalue weighted by atomic mass is 16.2. The monoisotopic (exact) mass is 293 g/mol. The Hall–Kier alpha value is -2.42. The van der Waals surface area contributed by atoms with E-state index in [9.17, 15) is 9.59 Å². The molecule has 2 atom stereocenters. The number of hydrogen-bond donors (Lipinski definition) is 1. The van der Waals surface area contributed by atoms with Crippen LogP contribution in [-0.4, -0.2) is 11.7 Å². The maximum atomic E-state index is 12.4. The van der Waals surface area contributed by atoms with E-state index in [1.807, 2.05) is 31.2 Å². The van der Waals surface area contributed by atoms with Crippen molar-refractivity contribution in [3.63, 3.8) is 0 Å². The van der Waals surface area contributed by atoms with E-state index in [1.54, 1.807) is 12.1 Å². The van der Waals surface area contributed by atoms with Gasteiger partial charge in [-0.1, -0.05) is 42.5 Å². The van der Waals surface area contributed by atoms with E-state index in [2.05, 4.69) is 17.4 Å². The first-order chi connectivity index (χ1) is 10.6. The molecule has 1 aliphatic carbocycles. The third-order valence-electron chi connectivity index (χ3n) is 4.26. The molecular formula is C19H19NO2. The molecule has 0 heterocycles. The molecule has 3 heteroatoms. The molecule has 3 nitrogen and oxygen atoms in total. The zero-order chi connectivity index (χ0) is 15.7. The number of rotatable bonds is 4. The lowest BCUT2D eigenvalue weighted by Gasteiger charge is -2.10. The molecule has 1 amide bonds. The van der Waals surface area contributed by atoms with E-state index < -0.39 is 0 Å². The Labute approximate surface area is 130 Å². The van der Waals surface area contributed by atoms with Gasteiger partial charge >= 0.3 is 0 Å². The SMILES string of the molecule is CC(=O)c1ccc(C)c(NC(=O)C2CC2c2ccccc2)c1. The van der Waals surface area contributed by atoms with Crippen molar-refractivity contribution in [3.8, 4) is 0 Å². The molecule has 22 heavy (non-hydrogen) atoms. The lowest BCUT2D eigenvalue weighted by molar-refractivity contribution is -0.117. The average molecular weight is 293 g/mol. The van der Waals surface area contributed by atoms with Crippen molar-refractivity contribution in [1.29, 1.82) is 0 Å². The van der Waals surface area contributed by atoms with E-state index in [0.717, 1.165) is 17.7 Å². The highest BCUT2D eigenvalue weighted by Gasteiger charge is 2.43. The van der Waals surface area contributed by atoms with Crippen molar-refractivity contribution in [2.75, 3.05) is 5.32 Å². The van der Waals surface area contributed by atoms with Crippen LogP contribution in [0, 0.1) is 12.8 Å². The molecule has 0 spiro atoms. The van der Waals surface area contributed by atoms with E-state index in [1.165, 1.54) is 12.5 Å². The van der Waals surface area contributed by atoms with Crippen LogP contribution in [0.2, 0.25) is 0 Å². The van der Waals surface area contributed by atoms with Gasteiger partial charge in [-0.05, 0) is 43.4 Å². The number of carbonyl (C=O) groups excluding carboxylic acids is 2. The summed E-state index contributed by atoms with van der Waals surface area (Å²) in [5.41, 5.74) is 3.54. The fraction of sp³-hybridized carbons (Fsp3) is 0.263. The zero-order valence-corrected chi connectivity index (χ0v) is 12.8. The largest absolute Gasteiger partial charge is 0.326 e. The van der Waals surface area contributed by atoms with Gasteiger partial charge in [0.05, 0.1) is 0 Å². The van der Waals surface area contributed by atoms with Gasteiger partial charge in [-0.15, -0.1) is 0 Å². The second-order valence-corrected chi connectivity index (χ2v) is 5.93. The van der Waals surface area contributed by atoms with Crippen molar-refractivity contribution >= 4 is 17.4 Å². The van der Waals surface area contributed by atoms with Crippen molar-refractivity contribution in [3.05, 3.63) is 65.2 Å². The van der Waals surface area contributed by atoms with Crippen molar-refractivity contribution in [2.24, 2.45) is 5.92 Å². The third kappa shape index (κ3) is 2.93. The maximum Gasteiger partial charge on any atom is 0.228 e. The number of aryl methyl sites for hydroxylation is 1. The fourth-order valence-corrected chi connectivity index (χ4v) is 2.75. The summed E-state index contributed by atoms with van der Waals surface area (Å²) in [6, 6.07) is 15.5. The van der Waals surface area contributed by atoms with Crippen molar-refractivity contribution in [2.45, 2.75) is 26.2 Å². The molecular weight excluding hydrogens is 274 g/mol. The minimum atomic E-state index is 0.00378. The summed E-state index contributed by atoms with van der Waals surface area (Å²) in [7, 11) is 0. The second kappa shape index (κ2) is 5.76. The first kappa shape index (κ1) is 14.5. The Morgan fingerprint density at radius 2 is 1.82 bits per heavy atom. The molecule has 2 aromatic carbocycles. The number of hydrogen-bond acceptors (Lipinski definition) is 2. The lowest BCUT2D eigenvalue weighted by atomic mass is 10.1. The van der Waals surface area contributed by atoms with Gasteiger partial charge in [0.1, 0.15) is 0 Å². The van der Waals surface area contributed by atoms with Gasteiger partial charge < -0.3 is 5.32 Å². The Morgan fingerprint density at radius 3 is 2.50 bits per heavy atom. The van der Waals surface area contributed by atoms with Crippen LogP contribution in [0.15, 0.2) is 48.5 Å². The van der Waals surface area contributed by atoms with Crippen LogP contribution >= 0.6 is 0 Å². The van der Waals surface area contributed by atoms with Gasteiger partial charge in [-0.3, -0.25) is 9.59 Å². The molecule has 3 rings (SSSR count). The number of nitrogens with one attached hydrogen (secondary N) is 1. The van der Waals surface area contributed by atoms with Gasteiger partial charge in [0.2, 0.25) is 5.91 Å². The minimum absolute atomic E-state index is 0.00378. The van der Waals surface area contributed by atoms with Gasteiger partial charge in [-0.25, -0.2) is 0 Å². The first-order valence-electron chi connectivity index (χ1n) is 7.53. The smallest absolute Gasteiger partial charge is 0.228 e. The Kier molecular flexibility index (Phi) is 3.80. The number of Topliss-reactive ketones (excluding diaryl/α,β-unsaturated/α-hetero) is 1. The standard InChI is InChI=1S/C19H19NO2/c1-12-8-9-15(13(2)21)10-18(12)20-19(22)17-11-16(17)14-6-4-3-5-7-14/h3-10,16-17H,11H2,1-2H3,(H,20,22). The zero-order valence-electron chi connectivity index (χ0n) is 12.8. The molecule has 0 aromatic heterocycles. The summed E-state index contributed by atoms with van der Waals surface area (Å²) in [5, 5.41) is 2.98. The number of anilines is 1. The summed E-state index contributed by atoms with van der Waals surface area (Å²) >= 11 is 0. The van der Waals surface area contributed by atoms with E-state index in [4.69, 9.17) is 0 Å². The quantitative estimate of drug-likeness (QED) is 0.868. The topological polar surface area (TPSA) is 46.2 Å². The van der Waals surface area contributed by atoms with Crippen LogP contribution in [0.5, 0.6) is 0 Å². The van der Waals surface area contributed by atoms with Crippen LogP contribution in [-0.2, 0) is 4.79 Å². The molecule has 0 bridgehead atoms. The van der Waals surface area contributed by atoms with Gasteiger partial charge in [0.15, 0.2) is 5.78 Å². The molecule has 112 valence electrons. The Morgan fingerprint density at radius 1 is 1.09 bits per heavy atom. The minimum Gasteiger partial charge on any atom is -0.326 e. The summed E-state index contributed by atoms with van der Waals surface area (Å²) < 4.78 is 0. The van der Waals surface area contributed by atoms with Crippen molar-refractivity contribution in [1.82, 2.24) is 0 Å². The first-order valence-corrected chi connectivity index (χ1v) is 7.53. The van der Waals surface area contributed by atoms with Crippen LogP contribution < -0.4 is 5.32 Å². The Bertz CT molecular complexity index is 721. The molecule has 1 saturated carbocycles. The van der Waals surface area contributed by atoms with E-state index in [-0.39, 0.29) is 17.6 Å². The summed E-state index contributed by atoms with van der Waals surface area (Å²) in [5.74, 6) is 0.391. The highest BCUT2D eigenvalue weighted by molar-refractivity contribution is 5.99. The molecule has 2 aromatic rings. The van der Waals surface area contributed by atoms with Gasteiger partial charge in [0, 0.05) is 17.2 Å². The normalized spacial score (nSPS) is 19.5. The molecule has 0 aliphatic heterocycles. The van der Waals surface area contributed by atoms with Crippen LogP contribution in [0.1, 0.15) is 40.7 Å². The number of amides is 1. The predicted molar refractivity (Wildman–Crippen MR) is 87.1 cm³/mol. The molecule has 0 saturated heterocycles. The summed E-state index contributed by atoms with van der Waals surface area (Å²) in [6.45, 7) is 3.46. The number of carbonyl (C=O) groups is 2. The Balaban J connectivity index is 1.71. The van der Waals surface area contributed by atoms with Crippen LogP contribution in [0.25, 0.3) is 0 Å². The van der Waals surface area contributed by atoms with E-state index in [0.29, 0.717) is 11.5 Å². The predicted octanol–water partition coefficient (Wildman–Crippen LogP) is 3.94. The van der Waals surface area contributed by atoms with Gasteiger partial charge in [-0.2, -0.15) is 0 Å². The van der Waals surface area contributed by atoms with Gasteiger partial charge in [0.25, 0.3) is 0 Å². The molecule has 0 radical (unpaired) electrons. The summed E-state index contributed by atoms with van der Waals surface area (Å²) in [4.78, 5) is 23.9. The summed E-state index contributed by atoms with van der Waals surface area (Å²) in [6.07, 6.45) is 0.890. The molecule has 1 aliphatic rings. The second-order valence-electron chi connectivity index (χ2n) is 5.93. The van der Waals surface area contributed by atoms with Crippen LogP contribution in [0.3, 0.4) is 0 Å². The van der Waals surface area contributed by atoms with E-state index >= 15 is 0 Å². The number of benzene rings is 2.